The lowest BCUT2D eigenvalue weighted by Gasteiger charge is -1.97. The number of hydrogen-bond donors (Lipinski definition) is 1. The summed E-state index contributed by atoms with van der Waals surface area (Å²) < 4.78 is 0. The predicted octanol–water partition coefficient (Wildman–Crippen LogP) is 4.71. The quantitative estimate of drug-likeness (QED) is 0.686. The van der Waals surface area contributed by atoms with Crippen LogP contribution in [-0.4, -0.2) is 15.2 Å². The van der Waals surface area contributed by atoms with Crippen LogP contribution in [0.5, 0.6) is 0 Å². The SMILES string of the molecule is Cc1ccc(CSc2nc(Cc3ccc(Cl)cc3)n[nH]2)s1. The van der Waals surface area contributed by atoms with E-state index in [9.17, 15) is 0 Å². The lowest BCUT2D eigenvalue weighted by Crippen LogP contribution is -1.90. The molecule has 2 aromatic heterocycles. The minimum Gasteiger partial charge on any atom is -0.254 e. The largest absolute Gasteiger partial charge is 0.254 e. The fourth-order valence-corrected chi connectivity index (χ4v) is 3.79. The number of aromatic amines is 1. The van der Waals surface area contributed by atoms with Gasteiger partial charge in [-0.1, -0.05) is 35.5 Å². The molecule has 0 bridgehead atoms. The summed E-state index contributed by atoms with van der Waals surface area (Å²) in [5, 5.41) is 8.87. The summed E-state index contributed by atoms with van der Waals surface area (Å²) in [6.45, 7) is 2.12. The van der Waals surface area contributed by atoms with Gasteiger partial charge in [0.15, 0.2) is 11.0 Å². The molecule has 3 nitrogen and oxygen atoms in total. The maximum absolute atomic E-state index is 5.88. The molecular formula is C15H14ClN3S2. The van der Waals surface area contributed by atoms with E-state index in [1.165, 1.54) is 9.75 Å². The van der Waals surface area contributed by atoms with Crippen molar-refractivity contribution in [2.45, 2.75) is 24.3 Å². The zero-order valence-electron chi connectivity index (χ0n) is 11.5. The standard InChI is InChI=1S/C15H14ClN3S2/c1-10-2-7-13(21-10)9-20-15-17-14(18-19-15)8-11-3-5-12(16)6-4-11/h2-7H,8-9H2,1H3,(H,17,18,19). The minimum atomic E-state index is 0.715. The van der Waals surface area contributed by atoms with Crippen molar-refractivity contribution in [2.75, 3.05) is 0 Å². The first-order chi connectivity index (χ1) is 10.2. The Kier molecular flexibility index (Phi) is 4.63. The second kappa shape index (κ2) is 6.64. The molecule has 0 amide bonds. The molecule has 0 aliphatic carbocycles. The fourth-order valence-electron chi connectivity index (χ4n) is 1.91. The van der Waals surface area contributed by atoms with Gasteiger partial charge in [0.2, 0.25) is 0 Å². The average Bonchev–Trinajstić information content (AvgIpc) is 3.08. The smallest absolute Gasteiger partial charge is 0.184 e. The molecule has 0 spiro atoms. The van der Waals surface area contributed by atoms with E-state index >= 15 is 0 Å². The van der Waals surface area contributed by atoms with Crippen LogP contribution in [0.25, 0.3) is 0 Å². The van der Waals surface area contributed by atoms with Crippen molar-refractivity contribution in [2.24, 2.45) is 0 Å². The molecule has 1 N–H and O–H groups in total. The van der Waals surface area contributed by atoms with E-state index in [4.69, 9.17) is 11.6 Å². The van der Waals surface area contributed by atoms with Gasteiger partial charge in [-0.3, -0.25) is 5.10 Å². The summed E-state index contributed by atoms with van der Waals surface area (Å²) in [6, 6.07) is 12.1. The summed E-state index contributed by atoms with van der Waals surface area (Å²) in [4.78, 5) is 7.21. The Bertz CT molecular complexity index is 719. The van der Waals surface area contributed by atoms with Crippen molar-refractivity contribution in [1.29, 1.82) is 0 Å². The van der Waals surface area contributed by atoms with E-state index < -0.39 is 0 Å². The van der Waals surface area contributed by atoms with Gasteiger partial charge in [-0.15, -0.1) is 11.3 Å². The summed E-state index contributed by atoms with van der Waals surface area (Å²) >= 11 is 9.38. The van der Waals surface area contributed by atoms with E-state index in [-0.39, 0.29) is 0 Å². The molecule has 21 heavy (non-hydrogen) atoms. The van der Waals surface area contributed by atoms with Gasteiger partial charge < -0.3 is 0 Å². The van der Waals surface area contributed by atoms with Gasteiger partial charge in [-0.05, 0) is 36.8 Å². The van der Waals surface area contributed by atoms with Crippen molar-refractivity contribution >= 4 is 34.7 Å². The molecule has 108 valence electrons. The third-order valence-corrected chi connectivity index (χ3v) is 5.28. The molecule has 3 rings (SSSR count). The predicted molar refractivity (Wildman–Crippen MR) is 89.3 cm³/mol. The van der Waals surface area contributed by atoms with Crippen molar-refractivity contribution in [3.8, 4) is 0 Å². The first kappa shape index (κ1) is 14.6. The zero-order valence-corrected chi connectivity index (χ0v) is 13.9. The third kappa shape index (κ3) is 4.09. The maximum atomic E-state index is 5.88. The summed E-state index contributed by atoms with van der Waals surface area (Å²) in [5.74, 6) is 1.73. The fraction of sp³-hybridized carbons (Fsp3) is 0.200. The number of thiophene rings is 1. The number of aromatic nitrogens is 3. The molecule has 0 unspecified atom stereocenters. The number of thioether (sulfide) groups is 1. The first-order valence-corrected chi connectivity index (χ1v) is 8.71. The van der Waals surface area contributed by atoms with Crippen molar-refractivity contribution in [3.63, 3.8) is 0 Å². The number of nitrogens with zero attached hydrogens (tertiary/aromatic N) is 2. The molecule has 0 aliphatic heterocycles. The molecule has 3 aromatic rings. The Labute approximate surface area is 136 Å². The van der Waals surface area contributed by atoms with Gasteiger partial charge >= 0.3 is 0 Å². The van der Waals surface area contributed by atoms with Crippen LogP contribution >= 0.6 is 34.7 Å². The Balaban J connectivity index is 1.59. The summed E-state index contributed by atoms with van der Waals surface area (Å²) in [7, 11) is 0. The Hall–Kier alpha value is -1.30. The van der Waals surface area contributed by atoms with Crippen molar-refractivity contribution in [3.05, 3.63) is 62.6 Å². The Morgan fingerprint density at radius 1 is 1.19 bits per heavy atom. The van der Waals surface area contributed by atoms with Crippen LogP contribution in [0, 0.1) is 6.92 Å². The molecule has 0 radical (unpaired) electrons. The van der Waals surface area contributed by atoms with Crippen LogP contribution in [0.1, 0.15) is 21.1 Å². The maximum Gasteiger partial charge on any atom is 0.184 e. The molecule has 6 heteroatoms. The molecule has 0 saturated carbocycles. The molecule has 0 aliphatic rings. The molecule has 0 atom stereocenters. The first-order valence-electron chi connectivity index (χ1n) is 6.53. The van der Waals surface area contributed by atoms with Crippen LogP contribution in [-0.2, 0) is 12.2 Å². The van der Waals surface area contributed by atoms with E-state index in [2.05, 4.69) is 34.2 Å². The van der Waals surface area contributed by atoms with Crippen molar-refractivity contribution in [1.82, 2.24) is 15.2 Å². The lowest BCUT2D eigenvalue weighted by molar-refractivity contribution is 0.956. The highest BCUT2D eigenvalue weighted by molar-refractivity contribution is 7.98. The normalized spacial score (nSPS) is 11.0. The van der Waals surface area contributed by atoms with Gasteiger partial charge in [0.05, 0.1) is 0 Å². The minimum absolute atomic E-state index is 0.715. The van der Waals surface area contributed by atoms with Crippen LogP contribution in [0.2, 0.25) is 5.02 Å². The van der Waals surface area contributed by atoms with E-state index in [1.54, 1.807) is 11.8 Å². The Morgan fingerprint density at radius 3 is 2.71 bits per heavy atom. The van der Waals surface area contributed by atoms with Gasteiger partial charge in [-0.25, -0.2) is 4.98 Å². The van der Waals surface area contributed by atoms with Crippen molar-refractivity contribution < 1.29 is 0 Å². The van der Waals surface area contributed by atoms with Gasteiger partial charge in [-0.2, -0.15) is 5.10 Å². The summed E-state index contributed by atoms with van der Waals surface area (Å²) in [5.41, 5.74) is 1.16. The van der Waals surface area contributed by atoms with Gasteiger partial charge in [0.25, 0.3) is 0 Å². The van der Waals surface area contributed by atoms with Gasteiger partial charge in [0, 0.05) is 27.0 Å². The number of nitrogens with one attached hydrogen (secondary N) is 1. The number of H-pyrrole nitrogens is 1. The van der Waals surface area contributed by atoms with E-state index in [1.807, 2.05) is 35.6 Å². The van der Waals surface area contributed by atoms with Gasteiger partial charge in [0.1, 0.15) is 0 Å². The lowest BCUT2D eigenvalue weighted by atomic mass is 10.1. The molecule has 0 fully saturated rings. The topological polar surface area (TPSA) is 41.6 Å². The Morgan fingerprint density at radius 2 is 2.00 bits per heavy atom. The zero-order chi connectivity index (χ0) is 14.7. The van der Waals surface area contributed by atoms with Crippen LogP contribution in [0.4, 0.5) is 0 Å². The number of benzene rings is 1. The number of aryl methyl sites for hydroxylation is 1. The number of hydrogen-bond acceptors (Lipinski definition) is 4. The highest BCUT2D eigenvalue weighted by atomic mass is 35.5. The highest BCUT2D eigenvalue weighted by Crippen LogP contribution is 2.24. The monoisotopic (exact) mass is 335 g/mol. The third-order valence-electron chi connectivity index (χ3n) is 2.93. The number of halogens is 1. The second-order valence-corrected chi connectivity index (χ2v) is 7.43. The highest BCUT2D eigenvalue weighted by Gasteiger charge is 2.06. The average molecular weight is 336 g/mol. The molecule has 0 saturated heterocycles. The second-order valence-electron chi connectivity index (χ2n) is 4.66. The van der Waals surface area contributed by atoms with Crippen LogP contribution in [0.3, 0.4) is 0 Å². The molecule has 1 aromatic carbocycles. The van der Waals surface area contributed by atoms with E-state index in [0.29, 0.717) is 6.42 Å². The van der Waals surface area contributed by atoms with Crippen LogP contribution < -0.4 is 0 Å². The van der Waals surface area contributed by atoms with Crippen LogP contribution in [0.15, 0.2) is 41.6 Å². The summed E-state index contributed by atoms with van der Waals surface area (Å²) in [6.07, 6.45) is 0.715. The number of rotatable bonds is 5. The van der Waals surface area contributed by atoms with E-state index in [0.717, 1.165) is 27.3 Å². The molecular weight excluding hydrogens is 322 g/mol. The molecule has 2 heterocycles.